The number of aliphatic hydroxyl groups is 1. The van der Waals surface area contributed by atoms with Crippen LogP contribution in [0.4, 0.5) is 0 Å². The van der Waals surface area contributed by atoms with Crippen molar-refractivity contribution in [1.82, 2.24) is 0 Å². The molecule has 0 aromatic rings. The Bertz CT molecular complexity index is 435. The minimum absolute atomic E-state index is 0.148. The average Bonchev–Trinajstić information content (AvgIpc) is 2.79. The van der Waals surface area contributed by atoms with E-state index in [1.807, 2.05) is 0 Å². The molecule has 4 aliphatic rings. The van der Waals surface area contributed by atoms with Gasteiger partial charge in [-0.15, -0.1) is 0 Å². The Labute approximate surface area is 116 Å². The molecule has 0 aromatic heterocycles. The lowest BCUT2D eigenvalue weighted by molar-refractivity contribution is 0.00901. The minimum Gasteiger partial charge on any atom is -0.389 e. The average molecular weight is 258 g/mol. The van der Waals surface area contributed by atoms with E-state index in [4.69, 9.17) is 0 Å². The highest BCUT2D eigenvalue weighted by atomic mass is 16.3. The van der Waals surface area contributed by atoms with E-state index in [0.717, 1.165) is 30.1 Å². The topological polar surface area (TPSA) is 20.2 Å². The van der Waals surface area contributed by atoms with Gasteiger partial charge in [-0.3, -0.25) is 0 Å². The minimum atomic E-state index is -0.148. The van der Waals surface area contributed by atoms with Gasteiger partial charge < -0.3 is 5.11 Å². The maximum atomic E-state index is 9.85. The van der Waals surface area contributed by atoms with E-state index in [9.17, 15) is 5.11 Å². The van der Waals surface area contributed by atoms with Crippen LogP contribution >= 0.6 is 0 Å². The van der Waals surface area contributed by atoms with Crippen molar-refractivity contribution in [1.29, 1.82) is 0 Å². The standard InChI is InChI=1S/C18H26O/c1-18-9-2-3-17(18)16-6-4-12-11-13(19)5-7-14(12)15(16)8-10-18/h2,9,11,13-17,19H,3-8,10H2,1H3/t13?,14-,15+,16+,17-,18-/m0/s1. The van der Waals surface area contributed by atoms with Crippen LogP contribution in [0.15, 0.2) is 23.8 Å². The molecule has 2 saturated carbocycles. The molecule has 0 aromatic carbocycles. The Morgan fingerprint density at radius 3 is 2.95 bits per heavy atom. The molecule has 1 heteroatoms. The molecule has 19 heavy (non-hydrogen) atoms. The molecule has 0 radical (unpaired) electrons. The lowest BCUT2D eigenvalue weighted by Gasteiger charge is -2.52. The lowest BCUT2D eigenvalue weighted by Crippen LogP contribution is -2.44. The fourth-order valence-corrected chi connectivity index (χ4v) is 5.80. The Morgan fingerprint density at radius 1 is 1.16 bits per heavy atom. The molecule has 4 aliphatic carbocycles. The van der Waals surface area contributed by atoms with E-state index in [-0.39, 0.29) is 6.10 Å². The molecule has 0 aliphatic heterocycles. The Hall–Kier alpha value is -0.560. The molecule has 2 fully saturated rings. The summed E-state index contributed by atoms with van der Waals surface area (Å²) in [6.45, 7) is 2.49. The van der Waals surface area contributed by atoms with Gasteiger partial charge >= 0.3 is 0 Å². The fourth-order valence-electron chi connectivity index (χ4n) is 5.80. The zero-order valence-electron chi connectivity index (χ0n) is 12.0. The molecule has 0 spiro atoms. The van der Waals surface area contributed by atoms with Crippen molar-refractivity contribution in [2.24, 2.45) is 29.1 Å². The molecule has 1 N–H and O–H groups in total. The molecule has 0 bridgehead atoms. The molecular formula is C18H26O. The van der Waals surface area contributed by atoms with Gasteiger partial charge in [-0.2, -0.15) is 0 Å². The number of aliphatic hydroxyl groups excluding tert-OH is 1. The van der Waals surface area contributed by atoms with Crippen molar-refractivity contribution in [3.05, 3.63) is 23.8 Å². The molecule has 0 saturated heterocycles. The number of allylic oxidation sites excluding steroid dienone is 3. The third kappa shape index (κ3) is 1.77. The predicted molar refractivity (Wildman–Crippen MR) is 77.6 cm³/mol. The zero-order chi connectivity index (χ0) is 13.0. The summed E-state index contributed by atoms with van der Waals surface area (Å²) in [6.07, 6.45) is 16.0. The van der Waals surface area contributed by atoms with Gasteiger partial charge in [0.05, 0.1) is 6.10 Å². The van der Waals surface area contributed by atoms with Crippen molar-refractivity contribution < 1.29 is 5.11 Å². The van der Waals surface area contributed by atoms with E-state index in [2.05, 4.69) is 25.2 Å². The van der Waals surface area contributed by atoms with Crippen LogP contribution in [0.5, 0.6) is 0 Å². The first kappa shape index (κ1) is 12.2. The van der Waals surface area contributed by atoms with E-state index in [0.29, 0.717) is 5.41 Å². The summed E-state index contributed by atoms with van der Waals surface area (Å²) in [5.74, 6) is 3.60. The summed E-state index contributed by atoms with van der Waals surface area (Å²) in [5.41, 5.74) is 2.12. The summed E-state index contributed by atoms with van der Waals surface area (Å²) in [6, 6.07) is 0. The second kappa shape index (κ2) is 4.22. The first-order valence-corrected chi connectivity index (χ1v) is 8.24. The second-order valence-electron chi connectivity index (χ2n) is 7.65. The van der Waals surface area contributed by atoms with Crippen molar-refractivity contribution in [2.45, 2.75) is 58.0 Å². The van der Waals surface area contributed by atoms with Gasteiger partial charge in [-0.25, -0.2) is 0 Å². The largest absolute Gasteiger partial charge is 0.389 e. The van der Waals surface area contributed by atoms with Crippen LogP contribution in [-0.4, -0.2) is 11.2 Å². The van der Waals surface area contributed by atoms with Gasteiger partial charge in [0.25, 0.3) is 0 Å². The summed E-state index contributed by atoms with van der Waals surface area (Å²) < 4.78 is 0. The van der Waals surface area contributed by atoms with Crippen molar-refractivity contribution in [3.8, 4) is 0 Å². The van der Waals surface area contributed by atoms with Gasteiger partial charge in [-0.1, -0.05) is 30.7 Å². The van der Waals surface area contributed by atoms with Crippen LogP contribution in [0.25, 0.3) is 0 Å². The van der Waals surface area contributed by atoms with Crippen LogP contribution < -0.4 is 0 Å². The maximum Gasteiger partial charge on any atom is 0.0723 e. The highest BCUT2D eigenvalue weighted by Crippen LogP contribution is 2.59. The first-order valence-electron chi connectivity index (χ1n) is 8.24. The highest BCUT2D eigenvalue weighted by Gasteiger charge is 2.50. The maximum absolute atomic E-state index is 9.85. The van der Waals surface area contributed by atoms with Crippen LogP contribution in [0.1, 0.15) is 51.9 Å². The molecule has 4 rings (SSSR count). The molecule has 104 valence electrons. The Balaban J connectivity index is 1.62. The van der Waals surface area contributed by atoms with Crippen molar-refractivity contribution >= 4 is 0 Å². The summed E-state index contributed by atoms with van der Waals surface area (Å²) in [4.78, 5) is 0. The third-order valence-electron chi connectivity index (χ3n) is 6.76. The van der Waals surface area contributed by atoms with Gasteiger partial charge in [0, 0.05) is 0 Å². The quantitative estimate of drug-likeness (QED) is 0.649. The molecule has 1 unspecified atom stereocenters. The third-order valence-corrected chi connectivity index (χ3v) is 6.76. The van der Waals surface area contributed by atoms with Gasteiger partial charge in [0.15, 0.2) is 0 Å². The predicted octanol–water partition coefficient (Wildman–Crippen LogP) is 4.09. The summed E-state index contributed by atoms with van der Waals surface area (Å²) in [5, 5.41) is 9.85. The SMILES string of the molecule is C[C@@]12C=CC[C@H]1[C@@H]1CCC3=CC(O)CC[C@@H]3[C@H]1CC2. The number of fused-ring (bicyclic) bond motifs is 5. The summed E-state index contributed by atoms with van der Waals surface area (Å²) in [7, 11) is 0. The molecule has 1 nitrogen and oxygen atoms in total. The lowest BCUT2D eigenvalue weighted by atomic mass is 9.52. The van der Waals surface area contributed by atoms with Crippen molar-refractivity contribution in [3.63, 3.8) is 0 Å². The zero-order valence-corrected chi connectivity index (χ0v) is 12.0. The van der Waals surface area contributed by atoms with Crippen molar-refractivity contribution in [2.75, 3.05) is 0 Å². The normalized spacial score (nSPS) is 52.1. The second-order valence-corrected chi connectivity index (χ2v) is 7.65. The Morgan fingerprint density at radius 2 is 2.05 bits per heavy atom. The van der Waals surface area contributed by atoms with Crippen LogP contribution in [-0.2, 0) is 0 Å². The van der Waals surface area contributed by atoms with Crippen LogP contribution in [0, 0.1) is 29.1 Å². The fraction of sp³-hybridized carbons (Fsp3) is 0.778. The first-order chi connectivity index (χ1) is 9.17. The molecular weight excluding hydrogens is 232 g/mol. The smallest absolute Gasteiger partial charge is 0.0723 e. The van der Waals surface area contributed by atoms with Gasteiger partial charge in [0.1, 0.15) is 0 Å². The molecule has 0 amide bonds. The number of hydrogen-bond donors (Lipinski definition) is 1. The summed E-state index contributed by atoms with van der Waals surface area (Å²) >= 11 is 0. The number of rotatable bonds is 0. The number of hydrogen-bond acceptors (Lipinski definition) is 1. The highest BCUT2D eigenvalue weighted by molar-refractivity contribution is 5.22. The van der Waals surface area contributed by atoms with Crippen LogP contribution in [0.3, 0.4) is 0 Å². The molecule has 0 heterocycles. The van der Waals surface area contributed by atoms with E-state index < -0.39 is 0 Å². The van der Waals surface area contributed by atoms with E-state index >= 15 is 0 Å². The van der Waals surface area contributed by atoms with E-state index in [1.54, 1.807) is 5.57 Å². The van der Waals surface area contributed by atoms with Gasteiger partial charge in [-0.05, 0) is 74.0 Å². The molecule has 6 atom stereocenters. The Kier molecular flexibility index (Phi) is 2.71. The monoisotopic (exact) mass is 258 g/mol. The van der Waals surface area contributed by atoms with Crippen LogP contribution in [0.2, 0.25) is 0 Å². The van der Waals surface area contributed by atoms with E-state index in [1.165, 1.54) is 38.5 Å². The van der Waals surface area contributed by atoms with Gasteiger partial charge in [0.2, 0.25) is 0 Å².